The molecule has 1 aliphatic heterocycles. The second-order valence-corrected chi connectivity index (χ2v) is 10.4. The van der Waals surface area contributed by atoms with Crippen LogP contribution < -0.4 is 4.72 Å². The number of imidazole rings is 1. The van der Waals surface area contributed by atoms with Crippen molar-refractivity contribution in [3.8, 4) is 0 Å². The largest absolute Gasteiger partial charge is 0.333 e. The molecule has 0 aliphatic carbocycles. The van der Waals surface area contributed by atoms with Crippen molar-refractivity contribution in [2.45, 2.75) is 44.3 Å². The second kappa shape index (κ2) is 7.70. The van der Waals surface area contributed by atoms with E-state index >= 15 is 0 Å². The first-order valence-corrected chi connectivity index (χ1v) is 12.1. The minimum absolute atomic E-state index is 0.0419. The van der Waals surface area contributed by atoms with E-state index in [2.05, 4.69) is 9.71 Å². The third-order valence-corrected chi connectivity index (χ3v) is 7.16. The van der Waals surface area contributed by atoms with Gasteiger partial charge in [-0.3, -0.25) is 0 Å². The van der Waals surface area contributed by atoms with Gasteiger partial charge in [-0.15, -0.1) is 0 Å². The molecule has 0 saturated carbocycles. The van der Waals surface area contributed by atoms with Gasteiger partial charge in [-0.05, 0) is 30.5 Å². The van der Waals surface area contributed by atoms with Crippen molar-refractivity contribution in [2.75, 3.05) is 12.8 Å². The molecule has 1 aromatic carbocycles. The normalized spacial score (nSPS) is 16.1. The van der Waals surface area contributed by atoms with Crippen LogP contribution in [0.25, 0.3) is 0 Å². The molecule has 10 heteroatoms. The topological polar surface area (TPSA) is 101 Å². The van der Waals surface area contributed by atoms with Crippen LogP contribution in [0.3, 0.4) is 0 Å². The summed E-state index contributed by atoms with van der Waals surface area (Å²) < 4.78 is 54.7. The summed E-state index contributed by atoms with van der Waals surface area (Å²) >= 11 is 0. The maximum absolute atomic E-state index is 13.1. The molecular formula is C17H24N4O4S2. The standard InChI is InChI=1S/C17H24N4O4S2/c1-3-14-5-7-15(8-6-14)27(24,25)21-10-4-9-20-13-18-16(17(20)12-21)11-19-26(2,22)23/h5-8,13,19H,3-4,9-12H2,1-2H3. The second-order valence-electron chi connectivity index (χ2n) is 6.61. The summed E-state index contributed by atoms with van der Waals surface area (Å²) in [4.78, 5) is 4.54. The van der Waals surface area contributed by atoms with Gasteiger partial charge in [0.15, 0.2) is 0 Å². The lowest BCUT2D eigenvalue weighted by Gasteiger charge is -2.20. The Morgan fingerprint density at radius 3 is 2.44 bits per heavy atom. The zero-order chi connectivity index (χ0) is 19.7. The number of fused-ring (bicyclic) bond motifs is 1. The molecule has 1 aliphatic rings. The van der Waals surface area contributed by atoms with Crippen molar-refractivity contribution >= 4 is 20.0 Å². The summed E-state index contributed by atoms with van der Waals surface area (Å²) in [5, 5.41) is 0. The molecule has 0 amide bonds. The third kappa shape index (κ3) is 4.57. The fraction of sp³-hybridized carbons (Fsp3) is 0.471. The molecule has 3 rings (SSSR count). The Kier molecular flexibility index (Phi) is 5.71. The zero-order valence-corrected chi connectivity index (χ0v) is 17.1. The summed E-state index contributed by atoms with van der Waals surface area (Å²) in [6, 6.07) is 6.94. The average molecular weight is 413 g/mol. The van der Waals surface area contributed by atoms with Gasteiger partial charge in [0, 0.05) is 13.1 Å². The van der Waals surface area contributed by atoms with Gasteiger partial charge in [0.05, 0.1) is 42.0 Å². The van der Waals surface area contributed by atoms with E-state index in [1.54, 1.807) is 18.5 Å². The van der Waals surface area contributed by atoms with Gasteiger partial charge in [-0.1, -0.05) is 19.1 Å². The Labute approximate surface area is 160 Å². The van der Waals surface area contributed by atoms with E-state index < -0.39 is 20.0 Å². The van der Waals surface area contributed by atoms with Crippen LogP contribution in [-0.2, 0) is 46.1 Å². The highest BCUT2D eigenvalue weighted by Crippen LogP contribution is 2.23. The molecule has 0 unspecified atom stereocenters. The van der Waals surface area contributed by atoms with Crippen LogP contribution in [0.4, 0.5) is 0 Å². The Morgan fingerprint density at radius 1 is 1.11 bits per heavy atom. The average Bonchev–Trinajstić information content (AvgIpc) is 2.87. The zero-order valence-electron chi connectivity index (χ0n) is 15.4. The van der Waals surface area contributed by atoms with E-state index in [0.29, 0.717) is 25.2 Å². The minimum Gasteiger partial charge on any atom is -0.333 e. The van der Waals surface area contributed by atoms with Crippen LogP contribution in [0.1, 0.15) is 30.3 Å². The van der Waals surface area contributed by atoms with Crippen molar-refractivity contribution in [1.82, 2.24) is 18.6 Å². The number of sulfonamides is 2. The number of rotatable bonds is 6. The Morgan fingerprint density at radius 2 is 1.81 bits per heavy atom. The Hall–Kier alpha value is -1.75. The first kappa shape index (κ1) is 20.0. The maximum atomic E-state index is 13.1. The number of benzene rings is 1. The van der Waals surface area contributed by atoms with Crippen LogP contribution in [0, 0.1) is 0 Å². The molecule has 0 spiro atoms. The maximum Gasteiger partial charge on any atom is 0.243 e. The summed E-state index contributed by atoms with van der Waals surface area (Å²) in [6.45, 7) is 3.27. The molecule has 2 aromatic rings. The monoisotopic (exact) mass is 412 g/mol. The molecule has 0 atom stereocenters. The molecule has 8 nitrogen and oxygen atoms in total. The highest BCUT2D eigenvalue weighted by molar-refractivity contribution is 7.89. The first-order chi connectivity index (χ1) is 12.7. The lowest BCUT2D eigenvalue weighted by Crippen LogP contribution is -2.31. The smallest absolute Gasteiger partial charge is 0.243 e. The number of aromatic nitrogens is 2. The molecule has 1 N–H and O–H groups in total. The van der Waals surface area contributed by atoms with E-state index in [0.717, 1.165) is 23.9 Å². The van der Waals surface area contributed by atoms with Gasteiger partial charge in [0.1, 0.15) is 0 Å². The predicted molar refractivity (Wildman–Crippen MR) is 102 cm³/mol. The highest BCUT2D eigenvalue weighted by Gasteiger charge is 2.28. The molecular weight excluding hydrogens is 388 g/mol. The van der Waals surface area contributed by atoms with Crippen LogP contribution in [0.15, 0.2) is 35.5 Å². The van der Waals surface area contributed by atoms with E-state index in [-0.39, 0.29) is 18.0 Å². The fourth-order valence-electron chi connectivity index (χ4n) is 3.09. The van der Waals surface area contributed by atoms with Crippen LogP contribution in [0.5, 0.6) is 0 Å². The SMILES string of the molecule is CCc1ccc(S(=O)(=O)N2CCCn3cnc(CNS(C)(=O)=O)c3C2)cc1. The summed E-state index contributed by atoms with van der Waals surface area (Å²) in [5.74, 6) is 0. The summed E-state index contributed by atoms with van der Waals surface area (Å²) in [5.41, 5.74) is 2.35. The molecule has 2 heterocycles. The molecule has 148 valence electrons. The van der Waals surface area contributed by atoms with Gasteiger partial charge in [-0.2, -0.15) is 4.31 Å². The molecule has 0 bridgehead atoms. The summed E-state index contributed by atoms with van der Waals surface area (Å²) in [6.07, 6.45) is 4.23. The van der Waals surface area contributed by atoms with Crippen LogP contribution >= 0.6 is 0 Å². The number of hydrogen-bond acceptors (Lipinski definition) is 5. The van der Waals surface area contributed by atoms with Gasteiger partial charge in [0.25, 0.3) is 0 Å². The van der Waals surface area contributed by atoms with Crippen molar-refractivity contribution < 1.29 is 16.8 Å². The molecule has 0 saturated heterocycles. The van der Waals surface area contributed by atoms with E-state index in [1.165, 1.54) is 4.31 Å². The highest BCUT2D eigenvalue weighted by atomic mass is 32.2. The third-order valence-electron chi connectivity index (χ3n) is 4.64. The number of aryl methyl sites for hydroxylation is 2. The fourth-order valence-corrected chi connectivity index (χ4v) is 4.92. The van der Waals surface area contributed by atoms with Crippen molar-refractivity contribution in [2.24, 2.45) is 0 Å². The Balaban J connectivity index is 1.87. The van der Waals surface area contributed by atoms with Crippen LogP contribution in [0.2, 0.25) is 0 Å². The minimum atomic E-state index is -3.64. The summed E-state index contributed by atoms with van der Waals surface area (Å²) in [7, 11) is -7.00. The van der Waals surface area contributed by atoms with Gasteiger partial charge in [0.2, 0.25) is 20.0 Å². The first-order valence-electron chi connectivity index (χ1n) is 8.77. The number of hydrogen-bond donors (Lipinski definition) is 1. The lowest BCUT2D eigenvalue weighted by atomic mass is 10.2. The van der Waals surface area contributed by atoms with E-state index in [4.69, 9.17) is 0 Å². The predicted octanol–water partition coefficient (Wildman–Crippen LogP) is 1.09. The lowest BCUT2D eigenvalue weighted by molar-refractivity contribution is 0.408. The van der Waals surface area contributed by atoms with Gasteiger partial charge < -0.3 is 4.57 Å². The quantitative estimate of drug-likeness (QED) is 0.765. The number of nitrogens with one attached hydrogen (secondary N) is 1. The van der Waals surface area contributed by atoms with Crippen molar-refractivity contribution in [3.05, 3.63) is 47.5 Å². The Bertz CT molecular complexity index is 1010. The van der Waals surface area contributed by atoms with E-state index in [1.807, 2.05) is 23.6 Å². The molecule has 27 heavy (non-hydrogen) atoms. The molecule has 1 aromatic heterocycles. The van der Waals surface area contributed by atoms with E-state index in [9.17, 15) is 16.8 Å². The molecule has 0 fully saturated rings. The van der Waals surface area contributed by atoms with Crippen molar-refractivity contribution in [3.63, 3.8) is 0 Å². The molecule has 0 radical (unpaired) electrons. The number of nitrogens with zero attached hydrogens (tertiary/aromatic N) is 3. The van der Waals surface area contributed by atoms with Crippen molar-refractivity contribution in [1.29, 1.82) is 0 Å². The van der Waals surface area contributed by atoms with Crippen LogP contribution in [-0.4, -0.2) is 43.5 Å². The van der Waals surface area contributed by atoms with Gasteiger partial charge >= 0.3 is 0 Å². The van der Waals surface area contributed by atoms with Gasteiger partial charge in [-0.25, -0.2) is 26.5 Å².